The molecule has 2 aromatic carbocycles. The third-order valence-electron chi connectivity index (χ3n) is 18.5. The van der Waals surface area contributed by atoms with Crippen molar-refractivity contribution in [2.45, 2.75) is 208 Å². The summed E-state index contributed by atoms with van der Waals surface area (Å²) in [4.78, 5) is 169. The maximum Gasteiger partial charge on any atom is 0.410 e. The number of benzene rings is 2. The number of hydrogen-bond donors (Lipinski definition) is 5. The van der Waals surface area contributed by atoms with Crippen molar-refractivity contribution >= 4 is 76.6 Å². The van der Waals surface area contributed by atoms with Crippen molar-refractivity contribution in [1.82, 2.24) is 30.4 Å². The Bertz CT molecular complexity index is 2910. The lowest BCUT2D eigenvalue weighted by Gasteiger charge is -2.41. The molecule has 2 heterocycles. The second-order valence-electron chi connectivity index (χ2n) is 26.6. The summed E-state index contributed by atoms with van der Waals surface area (Å²) < 4.78 is 17.8. The molecular formula is C70H106N8O17. The number of nitrogens with one attached hydrogen (secondary N) is 3. The number of nitrogens with zero attached hydrogens (tertiary/aromatic N) is 4. The van der Waals surface area contributed by atoms with Crippen LogP contribution in [-0.2, 0) is 73.6 Å². The number of carbonyl (C=O) groups excluding carboxylic acids is 12. The molecule has 2 aliphatic heterocycles. The molecule has 6 N–H and O–H groups in total. The van der Waals surface area contributed by atoms with Crippen LogP contribution in [-0.4, -0.2) is 174 Å². The molecule has 1 unspecified atom stereocenters. The molecule has 12 atom stereocenters. The van der Waals surface area contributed by atoms with Crippen molar-refractivity contribution in [1.29, 1.82) is 0 Å². The Hall–Kier alpha value is -7.64. The minimum Gasteiger partial charge on any atom is -0.445 e. The maximum atomic E-state index is 14.9. The van der Waals surface area contributed by atoms with Crippen molar-refractivity contribution in [2.24, 2.45) is 53.1 Å². The van der Waals surface area contributed by atoms with Crippen LogP contribution in [0.3, 0.4) is 0 Å². The third kappa shape index (κ3) is 23.6. The van der Waals surface area contributed by atoms with Crippen LogP contribution < -0.4 is 21.7 Å². The first-order valence-electron chi connectivity index (χ1n) is 33.5. The van der Waals surface area contributed by atoms with Crippen LogP contribution in [0.25, 0.3) is 0 Å². The molecule has 0 saturated carbocycles. The lowest BCUT2D eigenvalue weighted by molar-refractivity contribution is -0.197. The molecule has 0 aliphatic carbocycles. The number of hydroxylamine groups is 2. The molecule has 0 bridgehead atoms. The van der Waals surface area contributed by atoms with E-state index in [4.69, 9.17) is 24.8 Å². The van der Waals surface area contributed by atoms with Crippen LogP contribution in [0.1, 0.15) is 176 Å². The van der Waals surface area contributed by atoms with Crippen molar-refractivity contribution in [3.63, 3.8) is 0 Å². The second-order valence-corrected chi connectivity index (χ2v) is 26.6. The Kier molecular flexibility index (Phi) is 32.6. The van der Waals surface area contributed by atoms with Gasteiger partial charge in [0.05, 0.1) is 48.9 Å². The number of hydrogen-bond acceptors (Lipinski definition) is 17. The van der Waals surface area contributed by atoms with Crippen molar-refractivity contribution in [2.75, 3.05) is 46.7 Å². The van der Waals surface area contributed by atoms with Gasteiger partial charge in [-0.3, -0.25) is 43.2 Å². The number of methoxy groups -OCH3 is 2. The fourth-order valence-electron chi connectivity index (χ4n) is 12.8. The molecule has 528 valence electrons. The van der Waals surface area contributed by atoms with Crippen LogP contribution in [0.15, 0.2) is 54.6 Å². The average Bonchev–Trinajstić information content (AvgIpc) is 1.80. The van der Waals surface area contributed by atoms with E-state index < -0.39 is 120 Å². The SMILES string of the molecule is CCC(C)[C@@H]([C@@H](CC(=O)N1CCC[C@H]1[C@H](OC)[C@@H](C)C(=O)C[C@H](C)[C@@H](O)c1ccccc1)OC)N(C)C(=O)[C@@H](CC(=O)[C@H](C(C)C)N(C)C(=O)OCc1ccc(NC(=O)[C@H](CCCNC(N)=O)CC(=O)[C@@H](NC(=O)CCCC(=O)ON2C(=O)CCC2=O)C(C)C)cc1)C(C)C. The highest BCUT2D eigenvalue weighted by Gasteiger charge is 2.44. The number of carbonyl (C=O) groups is 12. The Morgan fingerprint density at radius 1 is 0.726 bits per heavy atom. The molecule has 25 nitrogen and oxygen atoms in total. The predicted molar refractivity (Wildman–Crippen MR) is 354 cm³/mol. The highest BCUT2D eigenvalue weighted by molar-refractivity contribution is 6.02. The summed E-state index contributed by atoms with van der Waals surface area (Å²) in [6, 6.07) is 11.9. The fourth-order valence-corrected chi connectivity index (χ4v) is 12.8. The molecule has 4 rings (SSSR count). The molecule has 2 aliphatic rings. The van der Waals surface area contributed by atoms with E-state index in [0.717, 1.165) is 5.56 Å². The van der Waals surface area contributed by atoms with Gasteiger partial charge in [0.15, 0.2) is 11.6 Å². The summed E-state index contributed by atoms with van der Waals surface area (Å²) in [6.45, 7) is 18.8. The number of aliphatic hydroxyl groups is 1. The maximum absolute atomic E-state index is 14.9. The molecule has 9 amide bonds. The molecule has 0 radical (unpaired) electrons. The summed E-state index contributed by atoms with van der Waals surface area (Å²) >= 11 is 0. The number of ketones is 3. The molecule has 95 heavy (non-hydrogen) atoms. The van der Waals surface area contributed by atoms with E-state index in [1.807, 2.05) is 71.9 Å². The van der Waals surface area contributed by atoms with Gasteiger partial charge in [0.2, 0.25) is 23.6 Å². The fraction of sp³-hybridized carbons (Fsp3) is 0.657. The van der Waals surface area contributed by atoms with Gasteiger partial charge >= 0.3 is 18.1 Å². The van der Waals surface area contributed by atoms with E-state index in [0.29, 0.717) is 42.1 Å². The van der Waals surface area contributed by atoms with Gasteiger partial charge in [-0.25, -0.2) is 14.4 Å². The lowest BCUT2D eigenvalue weighted by atomic mass is 9.83. The topological polar surface area (TPSA) is 337 Å². The number of likely N-dealkylation sites (N-methyl/N-ethyl adjacent to an activating group) is 2. The van der Waals surface area contributed by atoms with Gasteiger partial charge in [-0.05, 0) is 85.0 Å². The summed E-state index contributed by atoms with van der Waals surface area (Å²) in [5, 5.41) is 19.5. The van der Waals surface area contributed by atoms with Crippen LogP contribution in [0.2, 0.25) is 0 Å². The van der Waals surface area contributed by atoms with Gasteiger partial charge < -0.3 is 60.5 Å². The van der Waals surface area contributed by atoms with Crippen LogP contribution in [0.5, 0.6) is 0 Å². The van der Waals surface area contributed by atoms with E-state index in [-0.39, 0.29) is 125 Å². The number of imide groups is 1. The van der Waals surface area contributed by atoms with Gasteiger partial charge in [-0.1, -0.05) is 118 Å². The van der Waals surface area contributed by atoms with E-state index in [1.165, 1.54) is 19.1 Å². The minimum absolute atomic E-state index is 0.00101. The zero-order chi connectivity index (χ0) is 71.0. The molecular weight excluding hydrogens is 1220 g/mol. The average molecular weight is 1330 g/mol. The molecule has 25 heteroatoms. The number of rotatable bonds is 40. The number of likely N-dealkylation sites (tertiary alicyclic amines) is 1. The van der Waals surface area contributed by atoms with Gasteiger partial charge in [-0.2, -0.15) is 0 Å². The number of urea groups is 1. The highest BCUT2D eigenvalue weighted by atomic mass is 16.7. The van der Waals surface area contributed by atoms with Crippen molar-refractivity contribution < 1.29 is 81.7 Å². The monoisotopic (exact) mass is 1330 g/mol. The van der Waals surface area contributed by atoms with Gasteiger partial charge in [-0.15, -0.1) is 5.06 Å². The Morgan fingerprint density at radius 2 is 1.37 bits per heavy atom. The van der Waals surface area contributed by atoms with Crippen LogP contribution in [0.4, 0.5) is 15.3 Å². The van der Waals surface area contributed by atoms with Crippen molar-refractivity contribution in [3.8, 4) is 0 Å². The molecule has 2 saturated heterocycles. The van der Waals surface area contributed by atoms with Crippen LogP contribution in [0, 0.1) is 47.3 Å². The van der Waals surface area contributed by atoms with Gasteiger partial charge in [0.25, 0.3) is 11.8 Å². The zero-order valence-electron chi connectivity index (χ0n) is 58.2. The molecule has 0 spiro atoms. The number of amides is 9. The number of aliphatic hydroxyl groups excluding tert-OH is 1. The van der Waals surface area contributed by atoms with E-state index >= 15 is 0 Å². The predicted octanol–water partition coefficient (Wildman–Crippen LogP) is 7.64. The minimum atomic E-state index is -1.00. The number of anilines is 1. The normalized spacial score (nSPS) is 17.6. The van der Waals surface area contributed by atoms with E-state index in [1.54, 1.807) is 75.9 Å². The first-order valence-corrected chi connectivity index (χ1v) is 33.5. The number of ether oxygens (including phenoxy) is 3. The number of nitrogens with two attached hydrogens (primary N) is 1. The zero-order valence-corrected chi connectivity index (χ0v) is 58.2. The first-order chi connectivity index (χ1) is 44.9. The quantitative estimate of drug-likeness (QED) is 0.0316. The lowest BCUT2D eigenvalue weighted by Crippen LogP contribution is -2.54. The summed E-state index contributed by atoms with van der Waals surface area (Å²) in [5.41, 5.74) is 6.86. The first kappa shape index (κ1) is 79.8. The van der Waals surface area contributed by atoms with E-state index in [2.05, 4.69) is 16.0 Å². The summed E-state index contributed by atoms with van der Waals surface area (Å²) in [6.07, 6.45) is -1.56. The number of primary amides is 1. The second kappa shape index (κ2) is 38.8. The van der Waals surface area contributed by atoms with E-state index in [9.17, 15) is 62.6 Å². The van der Waals surface area contributed by atoms with Crippen molar-refractivity contribution in [3.05, 3.63) is 65.7 Å². The van der Waals surface area contributed by atoms with Gasteiger partial charge in [0, 0.05) is 110 Å². The van der Waals surface area contributed by atoms with Crippen LogP contribution >= 0.6 is 0 Å². The highest BCUT2D eigenvalue weighted by Crippen LogP contribution is 2.34. The third-order valence-corrected chi connectivity index (χ3v) is 18.5. The smallest absolute Gasteiger partial charge is 0.410 e. The summed E-state index contributed by atoms with van der Waals surface area (Å²) in [7, 11) is 6.20. The Morgan fingerprint density at radius 3 is 1.94 bits per heavy atom. The van der Waals surface area contributed by atoms with Gasteiger partial charge in [0.1, 0.15) is 12.4 Å². The molecule has 0 aromatic heterocycles. The Labute approximate surface area is 560 Å². The molecule has 2 fully saturated rings. The Balaban J connectivity index is 1.38. The molecule has 2 aromatic rings. The largest absolute Gasteiger partial charge is 0.445 e. The number of Topliss-reactive ketones (excluding diaryl/α,β-unsaturated/α-hetero) is 3. The summed E-state index contributed by atoms with van der Waals surface area (Å²) in [5.74, 6) is -8.47. The standard InChI is InChI=1S/C70H106N8O17/c1-15-44(8)64(56(92-13)39-60(85)77-35-21-25-52(77)66(93-14)46(10)53(79)36-45(9)65(87)48-22-17-16-18-23-48)75(11)68(89)51(41(2)3)38-55(81)63(43(6)7)76(12)70(91)94-40-47-28-30-50(31-29-47)73-67(88)49(24-20-34-72-69(71)90)37-54(80)62(42(4)5)74-57(82)26-19-27-61(86)95-78-58(83)32-33-59(78)84/h16-18,22-23,28-31,41-46,49,51-52,56,62-66,87H,15,19-21,24-27,32-40H2,1-14H3,(H,73,88)(H,74,82)(H3,71,72,90)/t44?,45-,46-,49+,51-,52-,56+,62-,63-,64-,65+,66+/m0/s1.